The number of nitrogens with zero attached hydrogens (tertiary/aromatic N) is 4. The maximum absolute atomic E-state index is 14.3. The van der Waals surface area contributed by atoms with E-state index < -0.39 is 30.0 Å². The molecule has 0 radical (unpaired) electrons. The van der Waals surface area contributed by atoms with Crippen molar-refractivity contribution in [1.82, 2.24) is 25.0 Å². The molecule has 1 aromatic carbocycles. The number of hydrogen-bond acceptors (Lipinski definition) is 5. The topological polar surface area (TPSA) is 117 Å². The monoisotopic (exact) mass is 483 g/mol. The van der Waals surface area contributed by atoms with Crippen LogP contribution >= 0.6 is 0 Å². The number of amides is 2. The van der Waals surface area contributed by atoms with Crippen LogP contribution in [0.25, 0.3) is 10.9 Å². The number of fused-ring (bicyclic) bond motifs is 1. The third-order valence-corrected chi connectivity index (χ3v) is 6.56. The molecular weight excluding hydrogens is 460 g/mol. The Hall–Kier alpha value is -3.89. The maximum atomic E-state index is 14.3. The summed E-state index contributed by atoms with van der Waals surface area (Å²) in [6.45, 7) is 1.09. The van der Waals surface area contributed by atoms with Crippen LogP contribution in [0.3, 0.4) is 0 Å². The van der Waals surface area contributed by atoms with Gasteiger partial charge in [0.1, 0.15) is 24.6 Å². The molecule has 1 saturated heterocycles. The summed E-state index contributed by atoms with van der Waals surface area (Å²) in [6, 6.07) is 6.63. The lowest BCUT2D eigenvalue weighted by Gasteiger charge is -2.24. The van der Waals surface area contributed by atoms with E-state index in [9.17, 15) is 28.3 Å². The molecule has 3 heterocycles. The molecule has 182 valence electrons. The minimum absolute atomic E-state index is 0.143. The lowest BCUT2D eigenvalue weighted by molar-refractivity contribution is -0.139. The summed E-state index contributed by atoms with van der Waals surface area (Å²) < 4.78 is 29.6. The standard InChI is InChI=1S/C24H23F2N5O4/c1-12-6-16-20(9-27-12)31(29-22(16)24(34)35)11-21(32)30-10-13(25)7-19(30)23(33)28-18-8-15(18)14-4-2-3-5-17(14)26/h2-6,9,13,15,18-19H,7-8,10-11H2,1H3,(H,28,33)(H,34,35)/t13-,15+,18-,19+/m1/s1. The van der Waals surface area contributed by atoms with Crippen molar-refractivity contribution in [2.45, 2.75) is 50.5 Å². The first-order valence-electron chi connectivity index (χ1n) is 11.3. The Bertz CT molecular complexity index is 1340. The number of alkyl halides is 1. The lowest BCUT2D eigenvalue weighted by atomic mass is 10.1. The van der Waals surface area contributed by atoms with E-state index in [1.165, 1.54) is 16.9 Å². The third kappa shape index (κ3) is 4.33. The largest absolute Gasteiger partial charge is 0.476 e. The molecule has 3 aromatic rings. The van der Waals surface area contributed by atoms with Crippen LogP contribution < -0.4 is 5.32 Å². The Balaban J connectivity index is 1.31. The molecule has 4 atom stereocenters. The summed E-state index contributed by atoms with van der Waals surface area (Å²) in [5.41, 5.74) is 1.25. The molecule has 0 unspecified atom stereocenters. The number of carbonyl (C=O) groups excluding carboxylic acids is 2. The van der Waals surface area contributed by atoms with Gasteiger partial charge in [-0.15, -0.1) is 0 Å². The number of likely N-dealkylation sites (tertiary alicyclic amines) is 1. The van der Waals surface area contributed by atoms with Crippen molar-refractivity contribution < 1.29 is 28.3 Å². The van der Waals surface area contributed by atoms with Crippen molar-refractivity contribution in [2.24, 2.45) is 0 Å². The van der Waals surface area contributed by atoms with E-state index in [4.69, 9.17) is 0 Å². The molecule has 2 fully saturated rings. The number of benzene rings is 1. The first-order valence-corrected chi connectivity index (χ1v) is 11.3. The van der Waals surface area contributed by atoms with Gasteiger partial charge in [0.2, 0.25) is 11.8 Å². The summed E-state index contributed by atoms with van der Waals surface area (Å²) in [7, 11) is 0. The Morgan fingerprint density at radius 2 is 2.00 bits per heavy atom. The van der Waals surface area contributed by atoms with E-state index in [1.54, 1.807) is 31.2 Å². The molecule has 2 aliphatic rings. The van der Waals surface area contributed by atoms with Crippen LogP contribution in [-0.4, -0.2) is 67.4 Å². The van der Waals surface area contributed by atoms with E-state index in [0.29, 0.717) is 28.6 Å². The number of aromatic nitrogens is 3. The van der Waals surface area contributed by atoms with E-state index in [2.05, 4.69) is 15.4 Å². The minimum Gasteiger partial charge on any atom is -0.476 e. The molecule has 2 amide bonds. The summed E-state index contributed by atoms with van der Waals surface area (Å²) >= 11 is 0. The van der Waals surface area contributed by atoms with Crippen LogP contribution in [0.1, 0.15) is 40.5 Å². The van der Waals surface area contributed by atoms with Gasteiger partial charge in [-0.25, -0.2) is 13.6 Å². The number of aromatic carboxylic acids is 1. The summed E-state index contributed by atoms with van der Waals surface area (Å²) in [6.07, 6.45) is 0.482. The lowest BCUT2D eigenvalue weighted by Crippen LogP contribution is -2.47. The van der Waals surface area contributed by atoms with Crippen molar-refractivity contribution in [3.8, 4) is 0 Å². The summed E-state index contributed by atoms with van der Waals surface area (Å²) in [5, 5.41) is 16.7. The zero-order valence-corrected chi connectivity index (χ0v) is 18.8. The third-order valence-electron chi connectivity index (χ3n) is 6.56. The number of nitrogens with one attached hydrogen (secondary N) is 1. The fraction of sp³-hybridized carbons (Fsp3) is 0.375. The quantitative estimate of drug-likeness (QED) is 0.555. The number of hydrogen-bond donors (Lipinski definition) is 2. The van der Waals surface area contributed by atoms with Gasteiger partial charge in [-0.05, 0) is 31.0 Å². The Morgan fingerprint density at radius 3 is 2.74 bits per heavy atom. The van der Waals surface area contributed by atoms with Crippen LogP contribution in [0.5, 0.6) is 0 Å². The number of aryl methyl sites for hydroxylation is 1. The molecule has 0 spiro atoms. The van der Waals surface area contributed by atoms with Gasteiger partial charge in [0.05, 0.1) is 18.3 Å². The van der Waals surface area contributed by atoms with E-state index in [1.807, 2.05) is 0 Å². The van der Waals surface area contributed by atoms with Crippen molar-refractivity contribution in [3.05, 3.63) is 59.3 Å². The molecule has 5 rings (SSSR count). The molecule has 11 heteroatoms. The highest BCUT2D eigenvalue weighted by atomic mass is 19.1. The number of carboxylic acid groups (broad SMARTS) is 1. The second-order valence-electron chi connectivity index (χ2n) is 9.03. The van der Waals surface area contributed by atoms with Gasteiger partial charge >= 0.3 is 5.97 Å². The highest BCUT2D eigenvalue weighted by Gasteiger charge is 2.45. The predicted molar refractivity (Wildman–Crippen MR) is 120 cm³/mol. The number of pyridine rings is 1. The molecule has 1 saturated carbocycles. The summed E-state index contributed by atoms with van der Waals surface area (Å²) in [4.78, 5) is 43.0. The summed E-state index contributed by atoms with van der Waals surface area (Å²) in [5.74, 6) is -2.80. The SMILES string of the molecule is Cc1cc2c(C(=O)O)nn(CC(=O)N3C[C@H](F)C[C@H]3C(=O)N[C@@H]3C[C@H]3c3ccccc3F)c2cn1. The predicted octanol–water partition coefficient (Wildman–Crippen LogP) is 2.19. The van der Waals surface area contributed by atoms with Crippen molar-refractivity contribution in [2.75, 3.05) is 6.54 Å². The maximum Gasteiger partial charge on any atom is 0.357 e. The van der Waals surface area contributed by atoms with Crippen molar-refractivity contribution in [3.63, 3.8) is 0 Å². The van der Waals surface area contributed by atoms with E-state index in [0.717, 1.165) is 4.90 Å². The molecule has 1 aliphatic carbocycles. The fourth-order valence-electron chi connectivity index (χ4n) is 4.74. The molecule has 0 bridgehead atoms. The van der Waals surface area contributed by atoms with Crippen LogP contribution in [-0.2, 0) is 16.1 Å². The van der Waals surface area contributed by atoms with Crippen molar-refractivity contribution >= 4 is 28.7 Å². The Kier molecular flexibility index (Phi) is 5.70. The van der Waals surface area contributed by atoms with Gasteiger partial charge < -0.3 is 15.3 Å². The Morgan fingerprint density at radius 1 is 1.23 bits per heavy atom. The zero-order chi connectivity index (χ0) is 24.9. The molecule has 2 N–H and O–H groups in total. The van der Waals surface area contributed by atoms with Crippen molar-refractivity contribution in [1.29, 1.82) is 0 Å². The van der Waals surface area contributed by atoms with Gasteiger partial charge in [-0.1, -0.05) is 18.2 Å². The molecular formula is C24H23F2N5O4. The Labute approximate surface area is 198 Å². The average Bonchev–Trinajstić information content (AvgIpc) is 3.29. The van der Waals surface area contributed by atoms with Crippen LogP contribution in [0.15, 0.2) is 36.5 Å². The zero-order valence-electron chi connectivity index (χ0n) is 18.8. The second-order valence-corrected chi connectivity index (χ2v) is 9.03. The number of rotatable bonds is 6. The van der Waals surface area contributed by atoms with Gasteiger partial charge in [-0.2, -0.15) is 5.10 Å². The van der Waals surface area contributed by atoms with Gasteiger partial charge in [0.15, 0.2) is 5.69 Å². The molecule has 9 nitrogen and oxygen atoms in total. The number of carbonyl (C=O) groups is 3. The highest BCUT2D eigenvalue weighted by Crippen LogP contribution is 2.42. The first kappa shape index (κ1) is 22.9. The first-order chi connectivity index (χ1) is 16.7. The van der Waals surface area contributed by atoms with Crippen LogP contribution in [0.2, 0.25) is 0 Å². The number of halogens is 2. The van der Waals surface area contributed by atoms with Crippen LogP contribution in [0, 0.1) is 12.7 Å². The highest BCUT2D eigenvalue weighted by molar-refractivity contribution is 6.01. The average molecular weight is 483 g/mol. The molecule has 2 aromatic heterocycles. The number of carboxylic acids is 1. The van der Waals surface area contributed by atoms with Gasteiger partial charge in [-0.3, -0.25) is 19.3 Å². The minimum atomic E-state index is -1.37. The smallest absolute Gasteiger partial charge is 0.357 e. The van der Waals surface area contributed by atoms with Gasteiger partial charge in [0, 0.05) is 29.5 Å². The second kappa shape index (κ2) is 8.71. The van der Waals surface area contributed by atoms with E-state index in [-0.39, 0.29) is 43.0 Å². The van der Waals surface area contributed by atoms with E-state index >= 15 is 0 Å². The molecule has 1 aliphatic heterocycles. The normalized spacial score (nSPS) is 23.5. The van der Waals surface area contributed by atoms with Crippen LogP contribution in [0.4, 0.5) is 8.78 Å². The fourth-order valence-corrected chi connectivity index (χ4v) is 4.74. The van der Waals surface area contributed by atoms with Gasteiger partial charge in [0.25, 0.3) is 0 Å². The molecule has 35 heavy (non-hydrogen) atoms.